The summed E-state index contributed by atoms with van der Waals surface area (Å²) in [4.78, 5) is 25.0. The molecule has 0 radical (unpaired) electrons. The summed E-state index contributed by atoms with van der Waals surface area (Å²) < 4.78 is 56.2. The number of aromatic nitrogens is 4. The van der Waals surface area contributed by atoms with Crippen LogP contribution in [0.3, 0.4) is 0 Å². The third kappa shape index (κ3) is 9.10. The molecule has 2 aromatic heterocycles. The zero-order valence-corrected chi connectivity index (χ0v) is 29.7. The number of nitrogens with one attached hydrogen (secondary N) is 2. The Balaban J connectivity index is 0.000000228. The number of alkyl halides is 2. The maximum atomic E-state index is 14.0. The third-order valence-electron chi connectivity index (χ3n) is 7.71. The fourth-order valence-electron chi connectivity index (χ4n) is 5.51. The SMILES string of the molecule is Cc1nn(C)c(F)c1C(=O)Nc1ccccc1C(C)CC(C)C.Cn1cc(C(=O)Nc2ccc(F)cc2-c2ccc(Cl)c(Cl)c2)c(C(F)F)n1. The van der Waals surface area contributed by atoms with Crippen molar-refractivity contribution in [2.24, 2.45) is 20.0 Å². The Morgan fingerprint density at radius 3 is 2.16 bits per heavy atom. The minimum absolute atomic E-state index is 0.00110. The van der Waals surface area contributed by atoms with Gasteiger partial charge in [0, 0.05) is 37.2 Å². The van der Waals surface area contributed by atoms with Crippen molar-refractivity contribution in [3.63, 3.8) is 0 Å². The van der Waals surface area contributed by atoms with Crippen molar-refractivity contribution in [1.82, 2.24) is 19.6 Å². The molecule has 14 heteroatoms. The summed E-state index contributed by atoms with van der Waals surface area (Å²) in [5.41, 5.74) is 2.33. The quantitative estimate of drug-likeness (QED) is 0.148. The number of hydrogen-bond donors (Lipinski definition) is 2. The maximum Gasteiger partial charge on any atom is 0.282 e. The number of aryl methyl sites for hydroxylation is 3. The van der Waals surface area contributed by atoms with Gasteiger partial charge in [-0.2, -0.15) is 14.6 Å². The standard InChI is InChI=1S/C18H12Cl2F3N3O.C18H24FN3O/c1-26-8-12(16(25-26)17(22)23)18(27)24-15-5-3-10(21)7-11(15)9-2-4-13(19)14(20)6-9;1-11(2)10-12(3)14-8-6-7-9-15(14)20-18(23)16-13(4)21-22(5)17(16)19/h2-8,17H,1H3,(H,24,27);6-9,11-12H,10H2,1-5H3,(H,20,23). The summed E-state index contributed by atoms with van der Waals surface area (Å²) in [6.07, 6.45) is -0.693. The second-order valence-corrected chi connectivity index (χ2v) is 12.9. The van der Waals surface area contributed by atoms with Gasteiger partial charge in [-0.3, -0.25) is 14.3 Å². The van der Waals surface area contributed by atoms with Gasteiger partial charge in [-0.15, -0.1) is 0 Å². The average molecular weight is 732 g/mol. The van der Waals surface area contributed by atoms with Crippen LogP contribution in [0.2, 0.25) is 10.0 Å². The molecule has 0 saturated heterocycles. The van der Waals surface area contributed by atoms with Crippen LogP contribution in [0.15, 0.2) is 66.9 Å². The van der Waals surface area contributed by atoms with Crippen LogP contribution >= 0.6 is 23.2 Å². The fourth-order valence-corrected chi connectivity index (χ4v) is 5.80. The largest absolute Gasteiger partial charge is 0.322 e. The van der Waals surface area contributed by atoms with Gasteiger partial charge in [0.15, 0.2) is 0 Å². The zero-order valence-electron chi connectivity index (χ0n) is 28.2. The van der Waals surface area contributed by atoms with E-state index in [0.29, 0.717) is 33.7 Å². The lowest BCUT2D eigenvalue weighted by atomic mass is 9.91. The highest BCUT2D eigenvalue weighted by molar-refractivity contribution is 6.42. The van der Waals surface area contributed by atoms with Crippen LogP contribution in [0.4, 0.5) is 28.9 Å². The molecule has 3 aromatic carbocycles. The molecule has 5 rings (SSSR count). The Labute approximate surface area is 297 Å². The lowest BCUT2D eigenvalue weighted by Crippen LogP contribution is -2.16. The average Bonchev–Trinajstić information content (AvgIpc) is 3.57. The van der Waals surface area contributed by atoms with E-state index in [2.05, 4.69) is 41.6 Å². The van der Waals surface area contributed by atoms with Gasteiger partial charge in [0.1, 0.15) is 17.1 Å². The van der Waals surface area contributed by atoms with Gasteiger partial charge < -0.3 is 10.6 Å². The number of carbonyl (C=O) groups is 2. The number of amides is 2. The van der Waals surface area contributed by atoms with Gasteiger partial charge in [0.25, 0.3) is 18.2 Å². The van der Waals surface area contributed by atoms with Crippen LogP contribution in [-0.4, -0.2) is 31.4 Å². The molecule has 0 spiro atoms. The maximum absolute atomic E-state index is 14.0. The molecule has 2 heterocycles. The van der Waals surface area contributed by atoms with Gasteiger partial charge in [0.05, 0.1) is 21.3 Å². The molecular formula is C36H36Cl2F4N6O2. The van der Waals surface area contributed by atoms with Crippen LogP contribution in [0.1, 0.15) is 77.2 Å². The van der Waals surface area contributed by atoms with Crippen molar-refractivity contribution >= 4 is 46.4 Å². The molecule has 0 saturated carbocycles. The summed E-state index contributed by atoms with van der Waals surface area (Å²) in [5.74, 6) is -1.53. The van der Waals surface area contributed by atoms with Crippen molar-refractivity contribution in [3.8, 4) is 11.1 Å². The molecule has 2 amide bonds. The smallest absolute Gasteiger partial charge is 0.282 e. The molecule has 5 aromatic rings. The molecule has 1 unspecified atom stereocenters. The predicted octanol–water partition coefficient (Wildman–Crippen LogP) is 9.99. The number of nitrogens with zero attached hydrogens (tertiary/aromatic N) is 4. The van der Waals surface area contributed by atoms with Gasteiger partial charge >= 0.3 is 0 Å². The van der Waals surface area contributed by atoms with E-state index in [1.165, 1.54) is 44.6 Å². The van der Waals surface area contributed by atoms with E-state index in [0.717, 1.165) is 33.1 Å². The topological polar surface area (TPSA) is 93.8 Å². The summed E-state index contributed by atoms with van der Waals surface area (Å²) >= 11 is 11.9. The lowest BCUT2D eigenvalue weighted by Gasteiger charge is -2.18. The number of halogens is 6. The minimum Gasteiger partial charge on any atom is -0.322 e. The second kappa shape index (κ2) is 16.4. The third-order valence-corrected chi connectivity index (χ3v) is 8.45. The Kier molecular flexibility index (Phi) is 12.5. The summed E-state index contributed by atoms with van der Waals surface area (Å²) in [5, 5.41) is 13.5. The first kappa shape index (κ1) is 38.1. The molecule has 50 heavy (non-hydrogen) atoms. The molecule has 0 aliphatic carbocycles. The van der Waals surface area contributed by atoms with E-state index in [1.54, 1.807) is 13.0 Å². The first-order valence-electron chi connectivity index (χ1n) is 15.5. The summed E-state index contributed by atoms with van der Waals surface area (Å²) in [6, 6.07) is 16.0. The van der Waals surface area contributed by atoms with Gasteiger partial charge in [-0.05, 0) is 72.7 Å². The highest BCUT2D eigenvalue weighted by Crippen LogP contribution is 2.34. The molecule has 0 fully saturated rings. The molecular weight excluding hydrogens is 695 g/mol. The molecule has 0 aliphatic rings. The number of carbonyl (C=O) groups excluding carboxylic acids is 2. The normalized spacial score (nSPS) is 11.7. The number of benzene rings is 3. The summed E-state index contributed by atoms with van der Waals surface area (Å²) in [6.45, 7) is 8.12. The zero-order chi connectivity index (χ0) is 36.9. The monoisotopic (exact) mass is 730 g/mol. The molecule has 264 valence electrons. The molecule has 2 N–H and O–H groups in total. The highest BCUT2D eigenvalue weighted by atomic mass is 35.5. The molecule has 0 aliphatic heterocycles. The van der Waals surface area contributed by atoms with Crippen molar-refractivity contribution in [2.45, 2.75) is 46.5 Å². The van der Waals surface area contributed by atoms with E-state index in [9.17, 15) is 27.2 Å². The van der Waals surface area contributed by atoms with E-state index in [4.69, 9.17) is 23.2 Å². The molecule has 1 atom stereocenters. The van der Waals surface area contributed by atoms with E-state index in [-0.39, 0.29) is 21.8 Å². The van der Waals surface area contributed by atoms with Gasteiger partial charge in [0.2, 0.25) is 5.95 Å². The second-order valence-electron chi connectivity index (χ2n) is 12.1. The number of hydrogen-bond acceptors (Lipinski definition) is 4. The first-order valence-corrected chi connectivity index (χ1v) is 16.3. The molecule has 8 nitrogen and oxygen atoms in total. The lowest BCUT2D eigenvalue weighted by molar-refractivity contribution is 0.100. The summed E-state index contributed by atoms with van der Waals surface area (Å²) in [7, 11) is 2.92. The van der Waals surface area contributed by atoms with Crippen molar-refractivity contribution < 1.29 is 27.2 Å². The first-order chi connectivity index (χ1) is 23.6. The number of anilines is 2. The van der Waals surface area contributed by atoms with Crippen LogP contribution in [0, 0.1) is 24.6 Å². The Bertz CT molecular complexity index is 2010. The van der Waals surface area contributed by atoms with Crippen LogP contribution in [-0.2, 0) is 14.1 Å². The van der Waals surface area contributed by atoms with Crippen LogP contribution < -0.4 is 10.6 Å². The van der Waals surface area contributed by atoms with E-state index in [1.807, 2.05) is 24.3 Å². The highest BCUT2D eigenvalue weighted by Gasteiger charge is 2.24. The predicted molar refractivity (Wildman–Crippen MR) is 188 cm³/mol. The van der Waals surface area contributed by atoms with Gasteiger partial charge in [-0.25, -0.2) is 17.9 Å². The van der Waals surface area contributed by atoms with E-state index >= 15 is 0 Å². The Morgan fingerprint density at radius 2 is 1.54 bits per heavy atom. The van der Waals surface area contributed by atoms with Crippen molar-refractivity contribution in [2.75, 3.05) is 10.6 Å². The Hall–Kier alpha value is -4.68. The van der Waals surface area contributed by atoms with E-state index < -0.39 is 35.7 Å². The minimum atomic E-state index is -2.91. The molecule has 0 bridgehead atoms. The van der Waals surface area contributed by atoms with Gasteiger partial charge in [-0.1, -0.05) is 68.2 Å². The number of rotatable bonds is 9. The van der Waals surface area contributed by atoms with Crippen molar-refractivity contribution in [1.29, 1.82) is 0 Å². The number of para-hydroxylation sites is 1. The van der Waals surface area contributed by atoms with Crippen molar-refractivity contribution in [3.05, 3.63) is 117 Å². The Morgan fingerprint density at radius 1 is 0.860 bits per heavy atom. The fraction of sp³-hybridized carbons (Fsp3) is 0.278. The van der Waals surface area contributed by atoms with Crippen LogP contribution in [0.25, 0.3) is 11.1 Å². The van der Waals surface area contributed by atoms with Crippen LogP contribution in [0.5, 0.6) is 0 Å².